The maximum Gasteiger partial charge on any atom is 0.461 e. The second kappa shape index (κ2) is 9.39. The van der Waals surface area contributed by atoms with Crippen molar-refractivity contribution >= 4 is 12.4 Å². The molecule has 0 aliphatic carbocycles. The second-order valence-corrected chi connectivity index (χ2v) is 5.31. The van der Waals surface area contributed by atoms with Gasteiger partial charge in [0.05, 0.1) is 6.67 Å². The number of hydrogen-bond donors (Lipinski definition) is 1. The Labute approximate surface area is 143 Å². The van der Waals surface area contributed by atoms with Gasteiger partial charge in [-0.25, -0.2) is 0 Å². The minimum atomic E-state index is -4.53. The Hall–Kier alpha value is -1.12. The molecule has 1 saturated heterocycles. The molecule has 1 heterocycles. The summed E-state index contributed by atoms with van der Waals surface area (Å²) in [5.41, 5.74) is 0.747. The van der Waals surface area contributed by atoms with Crippen LogP contribution in [0, 0.1) is 0 Å². The summed E-state index contributed by atoms with van der Waals surface area (Å²) < 4.78 is 66.8. The quantitative estimate of drug-likeness (QED) is 0.737. The van der Waals surface area contributed by atoms with Gasteiger partial charge in [-0.3, -0.25) is 9.29 Å². The smallest absolute Gasteiger partial charge is 0.428 e. The van der Waals surface area contributed by atoms with E-state index < -0.39 is 19.2 Å². The van der Waals surface area contributed by atoms with E-state index in [1.807, 2.05) is 0 Å². The van der Waals surface area contributed by atoms with Gasteiger partial charge in [0.1, 0.15) is 5.75 Å². The average molecular weight is 375 g/mol. The van der Waals surface area contributed by atoms with Crippen molar-refractivity contribution in [3.05, 3.63) is 29.8 Å². The van der Waals surface area contributed by atoms with Crippen LogP contribution in [0.3, 0.4) is 0 Å². The first-order valence-corrected chi connectivity index (χ1v) is 7.39. The van der Waals surface area contributed by atoms with Crippen molar-refractivity contribution in [2.75, 3.05) is 32.9 Å². The molecule has 0 spiro atoms. The van der Waals surface area contributed by atoms with Crippen LogP contribution in [-0.2, 0) is 0 Å². The van der Waals surface area contributed by atoms with Crippen LogP contribution in [-0.4, -0.2) is 50.3 Å². The monoisotopic (exact) mass is 374 g/mol. The highest BCUT2D eigenvalue weighted by molar-refractivity contribution is 5.85. The lowest BCUT2D eigenvalue weighted by Crippen LogP contribution is -2.45. The number of hydrogen-bond acceptors (Lipinski definition) is 3. The molecule has 0 amide bonds. The Morgan fingerprint density at radius 3 is 2.21 bits per heavy atom. The SMILES string of the molecule is Cl.FCC[C@@H](c1ccc(OC(F)(F)C(F)F)cc1)N1CCNCC1. The highest BCUT2D eigenvalue weighted by atomic mass is 35.5. The van der Waals surface area contributed by atoms with E-state index in [0.29, 0.717) is 0 Å². The molecule has 1 atom stereocenters. The molecular weight excluding hydrogens is 355 g/mol. The lowest BCUT2D eigenvalue weighted by Gasteiger charge is -2.35. The molecule has 0 unspecified atom stereocenters. The topological polar surface area (TPSA) is 24.5 Å². The summed E-state index contributed by atoms with van der Waals surface area (Å²) in [6.07, 6.45) is -8.14. The molecule has 2 rings (SSSR count). The highest BCUT2D eigenvalue weighted by Gasteiger charge is 2.43. The van der Waals surface area contributed by atoms with Gasteiger partial charge < -0.3 is 10.1 Å². The van der Waals surface area contributed by atoms with E-state index in [1.54, 1.807) is 0 Å². The Kier molecular flexibility index (Phi) is 8.18. The molecule has 0 bridgehead atoms. The van der Waals surface area contributed by atoms with Gasteiger partial charge in [-0.1, -0.05) is 12.1 Å². The number of alkyl halides is 5. The Balaban J connectivity index is 0.00000288. The van der Waals surface area contributed by atoms with Crippen LogP contribution in [0.1, 0.15) is 18.0 Å². The fourth-order valence-corrected chi connectivity index (χ4v) is 2.62. The number of benzene rings is 1. The van der Waals surface area contributed by atoms with E-state index >= 15 is 0 Å². The molecule has 138 valence electrons. The van der Waals surface area contributed by atoms with Crippen molar-refractivity contribution in [2.24, 2.45) is 0 Å². The predicted octanol–water partition coefficient (Wildman–Crippen LogP) is 3.65. The lowest BCUT2D eigenvalue weighted by molar-refractivity contribution is -0.253. The molecular formula is C15H20ClF5N2O. The zero-order valence-corrected chi connectivity index (χ0v) is 13.7. The largest absolute Gasteiger partial charge is 0.461 e. The van der Waals surface area contributed by atoms with Gasteiger partial charge in [0.15, 0.2) is 0 Å². The number of nitrogens with zero attached hydrogens (tertiary/aromatic N) is 1. The summed E-state index contributed by atoms with van der Waals surface area (Å²) in [7, 11) is 0. The summed E-state index contributed by atoms with van der Waals surface area (Å²) in [5, 5.41) is 3.20. The minimum Gasteiger partial charge on any atom is -0.428 e. The lowest BCUT2D eigenvalue weighted by atomic mass is 10.0. The first kappa shape index (κ1) is 20.9. The zero-order valence-electron chi connectivity index (χ0n) is 12.9. The standard InChI is InChI=1S/C15H19F5N2O.ClH/c16-6-5-13(22-9-7-21-8-10-22)11-1-3-12(4-2-11)23-15(19,20)14(17)18;/h1-4,13-14,21H,5-10H2;1H/t13-;/m0./s1. The van der Waals surface area contributed by atoms with Crippen molar-refractivity contribution in [1.82, 2.24) is 10.2 Å². The molecule has 0 radical (unpaired) electrons. The Morgan fingerprint density at radius 1 is 1.12 bits per heavy atom. The van der Waals surface area contributed by atoms with Crippen molar-refractivity contribution in [1.29, 1.82) is 0 Å². The number of rotatable bonds is 7. The van der Waals surface area contributed by atoms with Gasteiger partial charge >= 0.3 is 12.5 Å². The fraction of sp³-hybridized carbons (Fsp3) is 0.600. The summed E-state index contributed by atoms with van der Waals surface area (Å²) in [6, 6.07) is 5.27. The fourth-order valence-electron chi connectivity index (χ4n) is 2.62. The minimum absolute atomic E-state index is 0. The van der Waals surface area contributed by atoms with Crippen LogP contribution in [0.25, 0.3) is 0 Å². The van der Waals surface area contributed by atoms with Crippen molar-refractivity contribution in [3.63, 3.8) is 0 Å². The third-order valence-corrected chi connectivity index (χ3v) is 3.75. The summed E-state index contributed by atoms with van der Waals surface area (Å²) in [4.78, 5) is 2.11. The Bertz CT molecular complexity index is 483. The van der Waals surface area contributed by atoms with Gasteiger partial charge in [-0.05, 0) is 24.1 Å². The third-order valence-electron chi connectivity index (χ3n) is 3.75. The molecule has 1 aromatic rings. The highest BCUT2D eigenvalue weighted by Crippen LogP contribution is 2.30. The number of ether oxygens (including phenoxy) is 1. The number of piperazine rings is 1. The molecule has 1 aliphatic heterocycles. The predicted molar refractivity (Wildman–Crippen MR) is 83.0 cm³/mol. The maximum atomic E-state index is 12.9. The summed E-state index contributed by atoms with van der Waals surface area (Å²) in [6.45, 7) is 2.60. The molecule has 3 nitrogen and oxygen atoms in total. The van der Waals surface area contributed by atoms with Gasteiger partial charge in [0.25, 0.3) is 0 Å². The van der Waals surface area contributed by atoms with E-state index in [4.69, 9.17) is 0 Å². The van der Waals surface area contributed by atoms with Crippen LogP contribution in [0.2, 0.25) is 0 Å². The van der Waals surface area contributed by atoms with E-state index in [-0.39, 0.29) is 30.6 Å². The molecule has 9 heteroatoms. The molecule has 24 heavy (non-hydrogen) atoms. The number of nitrogens with one attached hydrogen (secondary N) is 1. The van der Waals surface area contributed by atoms with Crippen molar-refractivity contribution in [2.45, 2.75) is 25.0 Å². The van der Waals surface area contributed by atoms with Gasteiger partial charge in [0.2, 0.25) is 0 Å². The molecule has 1 N–H and O–H groups in total. The van der Waals surface area contributed by atoms with Crippen molar-refractivity contribution in [3.8, 4) is 5.75 Å². The molecule has 1 aliphatic rings. The molecule has 1 aromatic carbocycles. The third kappa shape index (κ3) is 5.46. The maximum absolute atomic E-state index is 12.9. The van der Waals surface area contributed by atoms with Crippen molar-refractivity contribution < 1.29 is 26.7 Å². The van der Waals surface area contributed by atoms with Crippen LogP contribution in [0.4, 0.5) is 22.0 Å². The Morgan fingerprint density at radius 2 is 1.71 bits per heavy atom. The molecule has 1 fully saturated rings. The van der Waals surface area contributed by atoms with E-state index in [0.717, 1.165) is 31.7 Å². The van der Waals surface area contributed by atoms with Gasteiger partial charge in [-0.15, -0.1) is 12.4 Å². The van der Waals surface area contributed by atoms with E-state index in [2.05, 4.69) is 15.0 Å². The first-order chi connectivity index (χ1) is 10.9. The molecule has 0 aromatic heterocycles. The summed E-state index contributed by atoms with van der Waals surface area (Å²) >= 11 is 0. The van der Waals surface area contributed by atoms with Crippen LogP contribution in [0.15, 0.2) is 24.3 Å². The normalized spacial score (nSPS) is 17.4. The van der Waals surface area contributed by atoms with Crippen LogP contribution < -0.4 is 10.1 Å². The first-order valence-electron chi connectivity index (χ1n) is 7.39. The second-order valence-electron chi connectivity index (χ2n) is 5.31. The number of halogens is 6. The van der Waals surface area contributed by atoms with Crippen LogP contribution in [0.5, 0.6) is 5.75 Å². The van der Waals surface area contributed by atoms with Gasteiger partial charge in [-0.2, -0.15) is 17.6 Å². The van der Waals surface area contributed by atoms with E-state index in [1.165, 1.54) is 24.3 Å². The van der Waals surface area contributed by atoms with Crippen LogP contribution >= 0.6 is 12.4 Å². The van der Waals surface area contributed by atoms with Gasteiger partial charge in [0, 0.05) is 32.2 Å². The summed E-state index contributed by atoms with van der Waals surface area (Å²) in [5.74, 6) is -0.349. The molecule has 0 saturated carbocycles. The zero-order chi connectivity index (χ0) is 16.9. The average Bonchev–Trinajstić information content (AvgIpc) is 2.54. The van der Waals surface area contributed by atoms with E-state index in [9.17, 15) is 22.0 Å².